The molecule has 73 heavy (non-hydrogen) atoms. The van der Waals surface area contributed by atoms with Crippen molar-refractivity contribution in [3.63, 3.8) is 0 Å². The quantitative estimate of drug-likeness (QED) is 0.0336. The lowest BCUT2D eigenvalue weighted by molar-refractivity contribution is -0.134. The van der Waals surface area contributed by atoms with Crippen LogP contribution in [0, 0.1) is 18.8 Å². The normalized spacial score (nSPS) is 12.6. The van der Waals surface area contributed by atoms with Crippen LogP contribution in [0.4, 0.5) is 0 Å². The van der Waals surface area contributed by atoms with Crippen LogP contribution in [-0.4, -0.2) is 126 Å². The molecule has 0 fully saturated rings. The highest BCUT2D eigenvalue weighted by Crippen LogP contribution is 2.23. The third-order valence-corrected chi connectivity index (χ3v) is 12.9. The molecule has 0 bridgehead atoms. The van der Waals surface area contributed by atoms with Crippen LogP contribution in [0.5, 0.6) is 0 Å². The summed E-state index contributed by atoms with van der Waals surface area (Å²) in [6.07, 6.45) is 3.89. The molecule has 0 radical (unpaired) electrons. The Morgan fingerprint density at radius 3 is 1.77 bits per heavy atom. The van der Waals surface area contributed by atoms with Gasteiger partial charge in [0.05, 0.1) is 24.7 Å². The third-order valence-electron chi connectivity index (χ3n) is 12.2. The maximum atomic E-state index is 13.9. The summed E-state index contributed by atoms with van der Waals surface area (Å²) in [6.45, 7) is 21.9. The van der Waals surface area contributed by atoms with Gasteiger partial charge >= 0.3 is 0 Å². The summed E-state index contributed by atoms with van der Waals surface area (Å²) in [4.78, 5) is 119. The number of benzene rings is 2. The molecule has 2 aromatic carbocycles. The smallest absolute Gasteiger partial charge is 0.224 e. The SMILES string of the molecule is CCC(=O)[C@H](CCSC)NC(=O)CCC(=O)CNC(=O)CCC(=O)[C@H](CCCCN(CC)CC)NC(=O)C(CC(=O)[C@H](C)NC(=O)CCC(=O)c1ccc(C(C)(C)C)cc1)CC(C)C.CO.Cc1ccccc1. The van der Waals surface area contributed by atoms with Crippen molar-refractivity contribution in [2.24, 2.45) is 11.8 Å². The Bertz CT molecular complexity index is 1980. The number of thioether (sulfide) groups is 1. The molecule has 410 valence electrons. The molecule has 0 saturated heterocycles. The molecule has 2 rings (SSSR count). The zero-order valence-corrected chi connectivity index (χ0v) is 47.1. The lowest BCUT2D eigenvalue weighted by atomic mass is 9.86. The number of carbonyl (C=O) groups is 9. The maximum Gasteiger partial charge on any atom is 0.224 e. The van der Waals surface area contributed by atoms with E-state index in [9.17, 15) is 43.2 Å². The van der Waals surface area contributed by atoms with Crippen molar-refractivity contribution in [3.05, 3.63) is 71.3 Å². The predicted molar refractivity (Wildman–Crippen MR) is 293 cm³/mol. The van der Waals surface area contributed by atoms with Gasteiger partial charge in [-0.2, -0.15) is 11.8 Å². The van der Waals surface area contributed by atoms with Crippen molar-refractivity contribution in [1.82, 2.24) is 26.2 Å². The maximum absolute atomic E-state index is 13.9. The van der Waals surface area contributed by atoms with Crippen molar-refractivity contribution in [3.8, 4) is 0 Å². The highest BCUT2D eigenvalue weighted by atomic mass is 32.2. The number of aryl methyl sites for hydroxylation is 1. The first kappa shape index (κ1) is 67.9. The molecule has 4 atom stereocenters. The van der Waals surface area contributed by atoms with Crippen LogP contribution in [0.2, 0.25) is 0 Å². The van der Waals surface area contributed by atoms with E-state index in [0.717, 1.165) is 38.7 Å². The van der Waals surface area contributed by atoms with E-state index in [0.29, 0.717) is 43.4 Å². The summed E-state index contributed by atoms with van der Waals surface area (Å²) >= 11 is 1.57. The van der Waals surface area contributed by atoms with Crippen LogP contribution < -0.4 is 21.3 Å². The summed E-state index contributed by atoms with van der Waals surface area (Å²) in [5.74, 6) is -3.21. The zero-order chi connectivity index (χ0) is 55.5. The van der Waals surface area contributed by atoms with E-state index in [-0.39, 0.29) is 91.7 Å². The first-order valence-corrected chi connectivity index (χ1v) is 27.5. The number of aliphatic hydroxyl groups excluding tert-OH is 1. The van der Waals surface area contributed by atoms with Gasteiger partial charge in [-0.15, -0.1) is 0 Å². The molecule has 2 aromatic rings. The Kier molecular flexibility index (Phi) is 35.8. The number of carbonyl (C=O) groups excluding carboxylic acids is 9. The van der Waals surface area contributed by atoms with Gasteiger partial charge in [0.15, 0.2) is 28.9 Å². The molecule has 16 heteroatoms. The first-order chi connectivity index (χ1) is 34.5. The number of hydrogen-bond donors (Lipinski definition) is 5. The molecule has 0 aliphatic rings. The molecule has 4 amide bonds. The van der Waals surface area contributed by atoms with E-state index in [2.05, 4.69) is 79.8 Å². The topological polar surface area (TPSA) is 225 Å². The molecule has 0 heterocycles. The van der Waals surface area contributed by atoms with Crippen LogP contribution in [0.15, 0.2) is 54.6 Å². The largest absolute Gasteiger partial charge is 0.400 e. The van der Waals surface area contributed by atoms with Crippen LogP contribution >= 0.6 is 11.8 Å². The van der Waals surface area contributed by atoms with Gasteiger partial charge in [-0.1, -0.05) is 116 Å². The van der Waals surface area contributed by atoms with E-state index < -0.39 is 47.7 Å². The minimum Gasteiger partial charge on any atom is -0.400 e. The Balaban J connectivity index is 0.00000521. The standard InChI is InChI=1S/C49H79N5O9S.C7H8.CH4O/c1-11-41(56)40(27-29-64-10)52-47(62)24-21-38(55)32-50-45(60)25-23-43(58)39(16-14-15-28-54(12-2)13-3)53-48(63)36(30-33(4)5)31-44(59)34(6)51-46(61)26-22-42(57)35-17-19-37(20-18-35)49(7,8)9;1-7-5-3-2-4-6-7;1-2/h17-20,33-34,36,39-40H,11-16,21-32H2,1-10H3,(H,50,60)(H,51,61)(H,52,62)(H,53,63);2-6H,1H3;2H,1H3/t34-,36?,39-,40-;;/m0../s1. The van der Waals surface area contributed by atoms with E-state index in [4.69, 9.17) is 5.11 Å². The highest BCUT2D eigenvalue weighted by molar-refractivity contribution is 7.98. The van der Waals surface area contributed by atoms with Crippen molar-refractivity contribution >= 4 is 64.3 Å². The van der Waals surface area contributed by atoms with E-state index in [1.54, 1.807) is 37.7 Å². The molecule has 0 saturated carbocycles. The van der Waals surface area contributed by atoms with E-state index in [1.807, 2.05) is 50.4 Å². The average molecular weight is 1040 g/mol. The van der Waals surface area contributed by atoms with Crippen LogP contribution in [0.1, 0.15) is 167 Å². The molecule has 0 aliphatic heterocycles. The van der Waals surface area contributed by atoms with Crippen LogP contribution in [-0.2, 0) is 43.8 Å². The monoisotopic (exact) mass is 1040 g/mol. The second-order valence-electron chi connectivity index (χ2n) is 19.8. The van der Waals surface area contributed by atoms with Gasteiger partial charge in [0.25, 0.3) is 0 Å². The van der Waals surface area contributed by atoms with Crippen molar-refractivity contribution in [2.45, 2.75) is 176 Å². The molecule has 1 unspecified atom stereocenters. The number of amides is 4. The van der Waals surface area contributed by atoms with Gasteiger partial charge in [-0.05, 0) is 94.5 Å². The Hall–Kier alpha value is -5.06. The zero-order valence-electron chi connectivity index (χ0n) is 46.3. The number of ketones is 5. The molecular formula is C57H91N5O10S. The van der Waals surface area contributed by atoms with E-state index in [1.165, 1.54) is 5.56 Å². The lowest BCUT2D eigenvalue weighted by Gasteiger charge is -2.24. The van der Waals surface area contributed by atoms with Gasteiger partial charge in [0.2, 0.25) is 23.6 Å². The number of nitrogens with zero attached hydrogens (tertiary/aromatic N) is 1. The number of unbranched alkanes of at least 4 members (excludes halogenated alkanes) is 1. The fourth-order valence-electron chi connectivity index (χ4n) is 7.65. The van der Waals surface area contributed by atoms with Crippen molar-refractivity contribution in [2.75, 3.05) is 45.3 Å². The summed E-state index contributed by atoms with van der Waals surface area (Å²) in [5, 5.41) is 17.8. The molecule has 15 nitrogen and oxygen atoms in total. The Labute approximate surface area is 441 Å². The van der Waals surface area contributed by atoms with Crippen LogP contribution in [0.25, 0.3) is 0 Å². The van der Waals surface area contributed by atoms with Gasteiger partial charge < -0.3 is 31.3 Å². The van der Waals surface area contributed by atoms with Gasteiger partial charge in [0.1, 0.15) is 0 Å². The van der Waals surface area contributed by atoms with Gasteiger partial charge in [-0.25, -0.2) is 0 Å². The first-order valence-electron chi connectivity index (χ1n) is 26.1. The fraction of sp³-hybridized carbons (Fsp3) is 0.632. The summed E-state index contributed by atoms with van der Waals surface area (Å²) in [6, 6.07) is 15.2. The lowest BCUT2D eigenvalue weighted by Crippen LogP contribution is -2.46. The predicted octanol–water partition coefficient (Wildman–Crippen LogP) is 7.71. The third kappa shape index (κ3) is 30.7. The average Bonchev–Trinajstić information content (AvgIpc) is 3.36. The minimum absolute atomic E-state index is 0.0204. The number of Topliss-reactive ketones (excluding diaryl/α,β-unsaturated/α-hetero) is 5. The van der Waals surface area contributed by atoms with Gasteiger partial charge in [0, 0.05) is 70.0 Å². The Morgan fingerprint density at radius 1 is 0.658 bits per heavy atom. The summed E-state index contributed by atoms with van der Waals surface area (Å²) < 4.78 is 0. The minimum atomic E-state index is -0.908. The number of aliphatic hydroxyl groups is 1. The molecular weight excluding hydrogens is 947 g/mol. The second kappa shape index (κ2) is 38.5. The summed E-state index contributed by atoms with van der Waals surface area (Å²) in [5.41, 5.74) is 2.86. The second-order valence-corrected chi connectivity index (χ2v) is 20.8. The number of hydrogen-bond acceptors (Lipinski definition) is 12. The fourth-order valence-corrected chi connectivity index (χ4v) is 8.13. The molecule has 5 N–H and O–H groups in total. The summed E-state index contributed by atoms with van der Waals surface area (Å²) in [7, 11) is 1.00. The van der Waals surface area contributed by atoms with Crippen LogP contribution in [0.3, 0.4) is 0 Å². The molecule has 0 spiro atoms. The Morgan fingerprint density at radius 2 is 1.23 bits per heavy atom. The van der Waals surface area contributed by atoms with Gasteiger partial charge in [-0.3, -0.25) is 43.2 Å². The highest BCUT2D eigenvalue weighted by Gasteiger charge is 2.30. The van der Waals surface area contributed by atoms with E-state index >= 15 is 0 Å². The van der Waals surface area contributed by atoms with Crippen molar-refractivity contribution < 1.29 is 48.3 Å². The van der Waals surface area contributed by atoms with Crippen molar-refractivity contribution in [1.29, 1.82) is 0 Å². The number of nitrogens with one attached hydrogen (secondary N) is 4. The molecule has 0 aliphatic carbocycles. The number of rotatable bonds is 34. The molecule has 0 aromatic heterocycles.